The van der Waals surface area contributed by atoms with Crippen LogP contribution in [-0.4, -0.2) is 19.1 Å². The first kappa shape index (κ1) is 32.3. The first-order valence-electron chi connectivity index (χ1n) is 15.0. The average molecular weight is 601 g/mol. The van der Waals surface area contributed by atoms with Gasteiger partial charge in [-0.3, -0.25) is 0 Å². The molecule has 0 aliphatic rings. The molecule has 0 heterocycles. The number of benzene rings is 4. The van der Waals surface area contributed by atoms with Crippen molar-refractivity contribution >= 4 is 9.84 Å². The molecule has 0 radical (unpaired) electrons. The van der Waals surface area contributed by atoms with Crippen molar-refractivity contribution in [1.82, 2.24) is 0 Å². The lowest BCUT2D eigenvalue weighted by Gasteiger charge is -2.29. The molecule has 228 valence electrons. The van der Waals surface area contributed by atoms with E-state index in [1.54, 1.807) is 48.5 Å². The summed E-state index contributed by atoms with van der Waals surface area (Å²) in [5, 5.41) is 10.9. The van der Waals surface area contributed by atoms with E-state index in [0.29, 0.717) is 30.1 Å². The van der Waals surface area contributed by atoms with Crippen LogP contribution >= 0.6 is 0 Å². The second-order valence-corrected chi connectivity index (χ2v) is 14.2. The number of aliphatic hydroxyl groups is 1. The second-order valence-electron chi connectivity index (χ2n) is 12.2. The molecule has 0 saturated carbocycles. The number of rotatable bonds is 12. The summed E-state index contributed by atoms with van der Waals surface area (Å²) in [6.07, 6.45) is 2.19. The third-order valence-electron chi connectivity index (χ3n) is 8.64. The third-order valence-corrected chi connectivity index (χ3v) is 10.4. The summed E-state index contributed by atoms with van der Waals surface area (Å²) >= 11 is 0. The summed E-state index contributed by atoms with van der Waals surface area (Å²) in [6.45, 7) is 14.4. The molecule has 43 heavy (non-hydrogen) atoms. The van der Waals surface area contributed by atoms with Gasteiger partial charge in [-0.15, -0.1) is 0 Å². The molecule has 0 atom stereocenters. The molecule has 0 aliphatic heterocycles. The van der Waals surface area contributed by atoms with Crippen molar-refractivity contribution in [3.05, 3.63) is 114 Å². The predicted molar refractivity (Wildman–Crippen MR) is 173 cm³/mol. The van der Waals surface area contributed by atoms with Crippen molar-refractivity contribution in [2.45, 2.75) is 94.1 Å². The SMILES string of the molecule is CCC(C)(C)Oc1ccc(S(=O)(=O)c2ccc(Oc3ccc(C(C)(C)c4ccc(C(O)(CC)CC)cc4)cc3)cc2)cc1. The maximum Gasteiger partial charge on any atom is 0.206 e. The number of hydrogen-bond acceptors (Lipinski definition) is 5. The Morgan fingerprint density at radius 1 is 0.558 bits per heavy atom. The van der Waals surface area contributed by atoms with E-state index in [2.05, 4.69) is 26.0 Å². The standard InChI is InChI=1S/C37H44O5S/c1-8-35(4,5)42-32-21-25-34(26-22-32)43(39,40)33-23-19-31(20-24-33)41-30-17-15-28(16-18-30)36(6,7)27-11-13-29(14-12-27)37(38,9-2)10-3/h11-26,38H,8-10H2,1-7H3. The number of ether oxygens (including phenoxy) is 2. The molecule has 0 spiro atoms. The van der Waals surface area contributed by atoms with E-state index < -0.39 is 15.4 Å². The van der Waals surface area contributed by atoms with Crippen LogP contribution in [0.4, 0.5) is 0 Å². The topological polar surface area (TPSA) is 72.8 Å². The molecular weight excluding hydrogens is 556 g/mol. The smallest absolute Gasteiger partial charge is 0.206 e. The fourth-order valence-electron chi connectivity index (χ4n) is 5.00. The Morgan fingerprint density at radius 3 is 1.35 bits per heavy atom. The van der Waals surface area contributed by atoms with E-state index in [4.69, 9.17) is 9.47 Å². The molecule has 0 saturated heterocycles. The lowest BCUT2D eigenvalue weighted by molar-refractivity contribution is 0.0283. The van der Waals surface area contributed by atoms with Gasteiger partial charge in [0.25, 0.3) is 0 Å². The first-order chi connectivity index (χ1) is 20.2. The van der Waals surface area contributed by atoms with E-state index in [9.17, 15) is 13.5 Å². The first-order valence-corrected chi connectivity index (χ1v) is 16.5. The quantitative estimate of drug-likeness (QED) is 0.175. The Hall–Kier alpha value is -3.61. The van der Waals surface area contributed by atoms with Crippen LogP contribution in [0.3, 0.4) is 0 Å². The Kier molecular flexibility index (Phi) is 9.43. The van der Waals surface area contributed by atoms with Gasteiger partial charge in [0.1, 0.15) is 22.8 Å². The van der Waals surface area contributed by atoms with Crippen molar-refractivity contribution in [2.24, 2.45) is 0 Å². The van der Waals surface area contributed by atoms with Crippen LogP contribution in [0.15, 0.2) is 107 Å². The summed E-state index contributed by atoms with van der Waals surface area (Å²) in [5.74, 6) is 1.84. The second kappa shape index (κ2) is 12.6. The van der Waals surface area contributed by atoms with Crippen LogP contribution in [-0.2, 0) is 20.9 Å². The highest BCUT2D eigenvalue weighted by Crippen LogP contribution is 2.36. The lowest BCUT2D eigenvalue weighted by Crippen LogP contribution is -2.26. The van der Waals surface area contributed by atoms with Gasteiger partial charge >= 0.3 is 0 Å². The molecule has 4 aromatic rings. The zero-order valence-corrected chi connectivity index (χ0v) is 27.2. The molecule has 0 amide bonds. The molecule has 6 heteroatoms. The average Bonchev–Trinajstić information content (AvgIpc) is 3.01. The van der Waals surface area contributed by atoms with Crippen LogP contribution < -0.4 is 9.47 Å². The highest BCUT2D eigenvalue weighted by atomic mass is 32.2. The molecule has 5 nitrogen and oxygen atoms in total. The zero-order chi connectivity index (χ0) is 31.5. The molecule has 4 aromatic carbocycles. The van der Waals surface area contributed by atoms with E-state index in [1.807, 2.05) is 71.0 Å². The largest absolute Gasteiger partial charge is 0.488 e. The maximum atomic E-state index is 13.2. The van der Waals surface area contributed by atoms with Gasteiger partial charge in [0.2, 0.25) is 9.84 Å². The van der Waals surface area contributed by atoms with Gasteiger partial charge in [0.15, 0.2) is 0 Å². The van der Waals surface area contributed by atoms with Gasteiger partial charge < -0.3 is 14.6 Å². The molecule has 4 rings (SSSR count). The normalized spacial score (nSPS) is 12.7. The van der Waals surface area contributed by atoms with Gasteiger partial charge in [-0.2, -0.15) is 0 Å². The predicted octanol–water partition coefficient (Wildman–Crippen LogP) is 9.21. The Morgan fingerprint density at radius 2 is 0.930 bits per heavy atom. The van der Waals surface area contributed by atoms with Crippen molar-refractivity contribution in [2.75, 3.05) is 0 Å². The van der Waals surface area contributed by atoms with Crippen LogP contribution in [0.5, 0.6) is 17.2 Å². The maximum absolute atomic E-state index is 13.2. The molecule has 0 aliphatic carbocycles. The molecule has 0 aromatic heterocycles. The minimum Gasteiger partial charge on any atom is -0.488 e. The number of hydrogen-bond donors (Lipinski definition) is 1. The fourth-order valence-corrected chi connectivity index (χ4v) is 6.26. The summed E-state index contributed by atoms with van der Waals surface area (Å²) in [7, 11) is -3.68. The summed E-state index contributed by atoms with van der Waals surface area (Å²) < 4.78 is 38.4. The van der Waals surface area contributed by atoms with Gasteiger partial charge in [-0.1, -0.05) is 71.0 Å². The highest BCUT2D eigenvalue weighted by Gasteiger charge is 2.27. The van der Waals surface area contributed by atoms with E-state index in [1.165, 1.54) is 0 Å². The Bertz CT molecular complexity index is 1600. The molecule has 1 N–H and O–H groups in total. The van der Waals surface area contributed by atoms with Crippen LogP contribution in [0.25, 0.3) is 0 Å². The van der Waals surface area contributed by atoms with Crippen LogP contribution in [0.1, 0.15) is 84.4 Å². The summed E-state index contributed by atoms with van der Waals surface area (Å²) in [4.78, 5) is 0.406. The van der Waals surface area contributed by atoms with E-state index in [0.717, 1.165) is 23.1 Å². The van der Waals surface area contributed by atoms with E-state index >= 15 is 0 Å². The van der Waals surface area contributed by atoms with Crippen molar-refractivity contribution in [1.29, 1.82) is 0 Å². The van der Waals surface area contributed by atoms with Crippen molar-refractivity contribution in [3.8, 4) is 17.2 Å². The van der Waals surface area contributed by atoms with Crippen molar-refractivity contribution < 1.29 is 23.0 Å². The fraction of sp³-hybridized carbons (Fsp3) is 0.351. The van der Waals surface area contributed by atoms with Gasteiger partial charge in [0.05, 0.1) is 15.4 Å². The van der Waals surface area contributed by atoms with E-state index in [-0.39, 0.29) is 20.8 Å². The molecule has 0 bridgehead atoms. The molecule has 0 fully saturated rings. The lowest BCUT2D eigenvalue weighted by atomic mass is 9.77. The minimum atomic E-state index is -3.68. The monoisotopic (exact) mass is 600 g/mol. The molecule has 0 unspecified atom stereocenters. The zero-order valence-electron chi connectivity index (χ0n) is 26.3. The molecular formula is C37H44O5S. The minimum absolute atomic E-state index is 0.196. The number of sulfone groups is 1. The summed E-state index contributed by atoms with van der Waals surface area (Å²) in [5.41, 5.74) is 1.86. The van der Waals surface area contributed by atoms with Crippen molar-refractivity contribution in [3.63, 3.8) is 0 Å². The van der Waals surface area contributed by atoms with Crippen LogP contribution in [0.2, 0.25) is 0 Å². The Labute approximate surface area is 257 Å². The summed E-state index contributed by atoms with van der Waals surface area (Å²) in [6, 6.07) is 29.2. The van der Waals surface area contributed by atoms with Gasteiger partial charge in [0, 0.05) is 5.41 Å². The van der Waals surface area contributed by atoms with Gasteiger partial charge in [-0.25, -0.2) is 8.42 Å². The third kappa shape index (κ3) is 7.14. The Balaban J connectivity index is 1.44. The highest BCUT2D eigenvalue weighted by molar-refractivity contribution is 7.91. The van der Waals surface area contributed by atoms with Crippen LogP contribution in [0, 0.1) is 0 Å². The van der Waals surface area contributed by atoms with Gasteiger partial charge in [-0.05, 0) is 110 Å².